The van der Waals surface area contributed by atoms with E-state index in [0.29, 0.717) is 18.5 Å². The lowest BCUT2D eigenvalue weighted by atomic mass is 10.0. The average molecular weight is 499 g/mol. The fraction of sp³-hybridized carbons (Fsp3) is 0.345. The molecule has 37 heavy (non-hydrogen) atoms. The Morgan fingerprint density at radius 1 is 0.865 bits per heavy atom. The third-order valence-corrected chi connectivity index (χ3v) is 7.62. The first-order chi connectivity index (χ1) is 18.0. The van der Waals surface area contributed by atoms with Crippen LogP contribution in [0.4, 0.5) is 0 Å². The molecule has 0 spiro atoms. The van der Waals surface area contributed by atoms with Crippen LogP contribution in [0.15, 0.2) is 65.3 Å². The minimum absolute atomic E-state index is 0.123. The molecular formula is C29H30N4O4. The second kappa shape index (κ2) is 9.95. The quantitative estimate of drug-likeness (QED) is 0.526. The number of rotatable bonds is 6. The summed E-state index contributed by atoms with van der Waals surface area (Å²) in [5.74, 6) is 0.126. The number of nitrogens with one attached hydrogen (secondary N) is 1. The highest BCUT2D eigenvalue weighted by Gasteiger charge is 2.39. The summed E-state index contributed by atoms with van der Waals surface area (Å²) < 4.78 is 5.48. The lowest BCUT2D eigenvalue weighted by Gasteiger charge is -2.34. The number of furan rings is 1. The van der Waals surface area contributed by atoms with Gasteiger partial charge in [0.15, 0.2) is 0 Å². The van der Waals surface area contributed by atoms with E-state index in [1.165, 1.54) is 11.1 Å². The number of nitrogens with zero attached hydrogens (tertiary/aromatic N) is 3. The smallest absolute Gasteiger partial charge is 0.255 e. The Bertz CT molecular complexity index is 1310. The van der Waals surface area contributed by atoms with Gasteiger partial charge in [0, 0.05) is 63.4 Å². The van der Waals surface area contributed by atoms with Gasteiger partial charge in [-0.1, -0.05) is 36.4 Å². The largest absolute Gasteiger partial charge is 0.464 e. The van der Waals surface area contributed by atoms with E-state index in [2.05, 4.69) is 45.4 Å². The van der Waals surface area contributed by atoms with Crippen LogP contribution in [0.25, 0.3) is 11.3 Å². The summed E-state index contributed by atoms with van der Waals surface area (Å²) in [4.78, 5) is 43.2. The molecule has 0 bridgehead atoms. The van der Waals surface area contributed by atoms with E-state index in [1.807, 2.05) is 24.3 Å². The minimum Gasteiger partial charge on any atom is -0.464 e. The van der Waals surface area contributed by atoms with Crippen LogP contribution in [-0.2, 0) is 29.2 Å². The molecule has 3 aliphatic heterocycles. The third-order valence-electron chi connectivity index (χ3n) is 7.62. The zero-order valence-electron chi connectivity index (χ0n) is 20.7. The SMILES string of the molecule is O=C1CCC(N2Cc3cc(CN4CCN(Cc5ccc(-c6ccco6)cc5)CC4)ccc3C2=O)C(=O)N1. The standard InChI is InChI=1S/C29H30N4O4/c34-27-10-9-25(28(35)30-27)33-19-23-16-21(5-8-24(23)29(33)36)18-32-13-11-31(12-14-32)17-20-3-6-22(7-4-20)26-2-1-15-37-26/h1-8,15-16,25H,9-14,17-19H2,(H,30,34,35). The second-order valence-corrected chi connectivity index (χ2v) is 10.1. The molecule has 8 heteroatoms. The normalized spacial score (nSPS) is 20.8. The van der Waals surface area contributed by atoms with Crippen molar-refractivity contribution in [2.75, 3.05) is 26.2 Å². The number of hydrogen-bond donors (Lipinski definition) is 1. The molecule has 3 aromatic rings. The van der Waals surface area contributed by atoms with E-state index in [-0.39, 0.29) is 24.1 Å². The van der Waals surface area contributed by atoms with E-state index in [1.54, 1.807) is 11.2 Å². The molecule has 1 unspecified atom stereocenters. The van der Waals surface area contributed by atoms with Gasteiger partial charge in [0.2, 0.25) is 11.8 Å². The average Bonchev–Trinajstić information content (AvgIpc) is 3.54. The van der Waals surface area contributed by atoms with Gasteiger partial charge in [0.1, 0.15) is 11.8 Å². The van der Waals surface area contributed by atoms with Crippen molar-refractivity contribution in [2.45, 2.75) is 38.5 Å². The van der Waals surface area contributed by atoms with E-state index >= 15 is 0 Å². The van der Waals surface area contributed by atoms with Gasteiger partial charge in [0.25, 0.3) is 5.91 Å². The topological polar surface area (TPSA) is 86.1 Å². The zero-order chi connectivity index (χ0) is 25.4. The molecule has 3 amide bonds. The molecule has 0 saturated carbocycles. The first kappa shape index (κ1) is 23.6. The summed E-state index contributed by atoms with van der Waals surface area (Å²) in [7, 11) is 0. The summed E-state index contributed by atoms with van der Waals surface area (Å²) in [5, 5.41) is 2.36. The van der Waals surface area contributed by atoms with Crippen LogP contribution in [-0.4, -0.2) is 64.6 Å². The van der Waals surface area contributed by atoms with E-state index in [9.17, 15) is 14.4 Å². The Morgan fingerprint density at radius 3 is 2.24 bits per heavy atom. The Kier molecular flexibility index (Phi) is 6.36. The maximum atomic E-state index is 12.9. The number of carbonyl (C=O) groups is 3. The summed E-state index contributed by atoms with van der Waals surface area (Å²) in [6, 6.07) is 17.9. The van der Waals surface area contributed by atoms with Crippen molar-refractivity contribution in [3.05, 3.63) is 83.1 Å². The predicted molar refractivity (Wildman–Crippen MR) is 137 cm³/mol. The molecule has 0 aliphatic carbocycles. The summed E-state index contributed by atoms with van der Waals surface area (Å²) in [5.41, 5.74) is 5.20. The lowest BCUT2D eigenvalue weighted by Crippen LogP contribution is -2.52. The number of piperidine rings is 1. The number of fused-ring (bicyclic) bond motifs is 1. The van der Waals surface area contributed by atoms with Gasteiger partial charge >= 0.3 is 0 Å². The molecule has 8 nitrogen and oxygen atoms in total. The molecule has 4 heterocycles. The highest BCUT2D eigenvalue weighted by Crippen LogP contribution is 2.29. The molecule has 3 aliphatic rings. The molecule has 2 saturated heterocycles. The molecule has 190 valence electrons. The van der Waals surface area contributed by atoms with Gasteiger partial charge in [-0.25, -0.2) is 0 Å². The van der Waals surface area contributed by atoms with Gasteiger partial charge in [-0.2, -0.15) is 0 Å². The molecule has 1 atom stereocenters. The van der Waals surface area contributed by atoms with Crippen LogP contribution in [0.5, 0.6) is 0 Å². The first-order valence-electron chi connectivity index (χ1n) is 12.9. The number of carbonyl (C=O) groups excluding carboxylic acids is 3. The first-order valence-corrected chi connectivity index (χ1v) is 12.9. The van der Waals surface area contributed by atoms with Gasteiger partial charge < -0.3 is 9.32 Å². The van der Waals surface area contributed by atoms with Crippen LogP contribution >= 0.6 is 0 Å². The number of imide groups is 1. The van der Waals surface area contributed by atoms with Crippen LogP contribution in [0, 0.1) is 0 Å². The van der Waals surface area contributed by atoms with Crippen molar-refractivity contribution >= 4 is 17.7 Å². The maximum absolute atomic E-state index is 12.9. The molecule has 1 N–H and O–H groups in total. The number of piperazine rings is 1. The maximum Gasteiger partial charge on any atom is 0.255 e. The zero-order valence-corrected chi connectivity index (χ0v) is 20.7. The number of benzene rings is 2. The van der Waals surface area contributed by atoms with E-state index < -0.39 is 6.04 Å². The monoisotopic (exact) mass is 498 g/mol. The van der Waals surface area contributed by atoms with Crippen molar-refractivity contribution < 1.29 is 18.8 Å². The predicted octanol–water partition coefficient (Wildman–Crippen LogP) is 3.03. The van der Waals surface area contributed by atoms with Gasteiger partial charge in [-0.05, 0) is 41.3 Å². The fourth-order valence-electron chi connectivity index (χ4n) is 5.57. The van der Waals surface area contributed by atoms with Crippen molar-refractivity contribution in [1.82, 2.24) is 20.0 Å². The van der Waals surface area contributed by atoms with Crippen molar-refractivity contribution in [1.29, 1.82) is 0 Å². The van der Waals surface area contributed by atoms with E-state index in [4.69, 9.17) is 4.42 Å². The Morgan fingerprint density at radius 2 is 1.57 bits per heavy atom. The van der Waals surface area contributed by atoms with Gasteiger partial charge in [-0.15, -0.1) is 0 Å². The van der Waals surface area contributed by atoms with Crippen LogP contribution in [0.2, 0.25) is 0 Å². The molecular weight excluding hydrogens is 468 g/mol. The summed E-state index contributed by atoms with van der Waals surface area (Å²) in [6.07, 6.45) is 2.35. The molecule has 0 radical (unpaired) electrons. The van der Waals surface area contributed by atoms with Crippen LogP contribution < -0.4 is 5.32 Å². The molecule has 6 rings (SSSR count). The number of hydrogen-bond acceptors (Lipinski definition) is 6. The van der Waals surface area contributed by atoms with E-state index in [0.717, 1.165) is 56.2 Å². The van der Waals surface area contributed by atoms with Gasteiger partial charge in [-0.3, -0.25) is 29.5 Å². The third kappa shape index (κ3) is 4.95. The lowest BCUT2D eigenvalue weighted by molar-refractivity contribution is -0.136. The highest BCUT2D eigenvalue weighted by molar-refractivity contribution is 6.05. The fourth-order valence-corrected chi connectivity index (χ4v) is 5.57. The molecule has 1 aromatic heterocycles. The summed E-state index contributed by atoms with van der Waals surface area (Å²) in [6.45, 7) is 6.18. The highest BCUT2D eigenvalue weighted by atomic mass is 16.3. The molecule has 2 fully saturated rings. The Labute approximate surface area is 215 Å². The minimum atomic E-state index is -0.574. The molecule has 2 aromatic carbocycles. The van der Waals surface area contributed by atoms with Crippen LogP contribution in [0.1, 0.15) is 39.9 Å². The second-order valence-electron chi connectivity index (χ2n) is 10.1. The van der Waals surface area contributed by atoms with Gasteiger partial charge in [0.05, 0.1) is 6.26 Å². The van der Waals surface area contributed by atoms with Crippen LogP contribution in [0.3, 0.4) is 0 Å². The Balaban J connectivity index is 1.02. The summed E-state index contributed by atoms with van der Waals surface area (Å²) >= 11 is 0. The van der Waals surface area contributed by atoms with Crippen molar-refractivity contribution in [3.63, 3.8) is 0 Å². The van der Waals surface area contributed by atoms with Crippen molar-refractivity contribution in [2.24, 2.45) is 0 Å². The Hall–Kier alpha value is -3.75. The number of amides is 3. The van der Waals surface area contributed by atoms with Crippen molar-refractivity contribution in [3.8, 4) is 11.3 Å².